The minimum absolute atomic E-state index is 0.0735. The predicted molar refractivity (Wildman–Crippen MR) is 112 cm³/mol. The molecule has 1 saturated carbocycles. The van der Waals surface area contributed by atoms with E-state index in [4.69, 9.17) is 21.1 Å². The molecule has 5 nitrogen and oxygen atoms in total. The summed E-state index contributed by atoms with van der Waals surface area (Å²) in [5.41, 5.74) is 1.32. The molecule has 0 unspecified atom stereocenters. The highest BCUT2D eigenvalue weighted by molar-refractivity contribution is 6.31. The van der Waals surface area contributed by atoms with E-state index >= 15 is 0 Å². The van der Waals surface area contributed by atoms with Gasteiger partial charge in [-0.1, -0.05) is 49.1 Å². The molecule has 1 aliphatic carbocycles. The topological polar surface area (TPSA) is 64.6 Å². The second kappa shape index (κ2) is 10.3. The molecule has 1 aliphatic rings. The molecule has 0 radical (unpaired) electrons. The molecule has 1 fully saturated rings. The third-order valence-corrected chi connectivity index (χ3v) is 5.40. The summed E-state index contributed by atoms with van der Waals surface area (Å²) in [7, 11) is 0. The number of amides is 1. The van der Waals surface area contributed by atoms with Crippen molar-refractivity contribution in [3.8, 4) is 5.75 Å². The molecular weight excluding hydrogens is 390 g/mol. The maximum absolute atomic E-state index is 12.4. The molecule has 0 heterocycles. The Morgan fingerprint density at radius 2 is 1.76 bits per heavy atom. The predicted octanol–water partition coefficient (Wildman–Crippen LogP) is 4.91. The minimum atomic E-state index is -0.778. The van der Waals surface area contributed by atoms with Crippen molar-refractivity contribution >= 4 is 23.5 Å². The molecule has 1 N–H and O–H groups in total. The van der Waals surface area contributed by atoms with Crippen LogP contribution < -0.4 is 10.1 Å². The van der Waals surface area contributed by atoms with Gasteiger partial charge in [0.2, 0.25) is 0 Å². The maximum atomic E-state index is 12.4. The fourth-order valence-electron chi connectivity index (χ4n) is 3.33. The van der Waals surface area contributed by atoms with Crippen molar-refractivity contribution in [3.63, 3.8) is 0 Å². The van der Waals surface area contributed by atoms with Crippen molar-refractivity contribution in [1.82, 2.24) is 5.32 Å². The molecule has 0 aliphatic heterocycles. The highest BCUT2D eigenvalue weighted by atomic mass is 35.5. The Morgan fingerprint density at radius 1 is 1.07 bits per heavy atom. The second-order valence-electron chi connectivity index (χ2n) is 7.29. The molecule has 29 heavy (non-hydrogen) atoms. The smallest absolute Gasteiger partial charge is 0.347 e. The molecule has 2 aromatic carbocycles. The lowest BCUT2D eigenvalue weighted by atomic mass is 9.95. The van der Waals surface area contributed by atoms with Crippen LogP contribution in [0.25, 0.3) is 0 Å². The fourth-order valence-corrected chi connectivity index (χ4v) is 3.52. The number of carbonyl (C=O) groups excluding carboxylic acids is 2. The summed E-state index contributed by atoms with van der Waals surface area (Å²) in [5.74, 6) is -0.0545. The maximum Gasteiger partial charge on any atom is 0.347 e. The van der Waals surface area contributed by atoms with E-state index in [-0.39, 0.29) is 18.6 Å². The number of hydrogen-bond donors (Lipinski definition) is 1. The Kier molecular flexibility index (Phi) is 7.53. The van der Waals surface area contributed by atoms with Gasteiger partial charge in [0, 0.05) is 22.2 Å². The van der Waals surface area contributed by atoms with Crippen LogP contribution in [0.3, 0.4) is 0 Å². The van der Waals surface area contributed by atoms with Crippen LogP contribution in [-0.4, -0.2) is 24.0 Å². The summed E-state index contributed by atoms with van der Waals surface area (Å²) < 4.78 is 10.9. The van der Waals surface area contributed by atoms with Crippen LogP contribution in [0, 0.1) is 0 Å². The average Bonchev–Trinajstić information content (AvgIpc) is 2.74. The number of nitrogens with one attached hydrogen (secondary N) is 1. The van der Waals surface area contributed by atoms with Gasteiger partial charge in [0.25, 0.3) is 5.91 Å². The first kappa shape index (κ1) is 21.2. The normalized spacial score (nSPS) is 15.4. The van der Waals surface area contributed by atoms with Crippen LogP contribution in [-0.2, 0) is 16.1 Å². The van der Waals surface area contributed by atoms with Gasteiger partial charge in [0.15, 0.2) is 6.10 Å². The van der Waals surface area contributed by atoms with Gasteiger partial charge in [-0.25, -0.2) is 4.79 Å². The van der Waals surface area contributed by atoms with Gasteiger partial charge in [0.05, 0.1) is 0 Å². The summed E-state index contributed by atoms with van der Waals surface area (Å²) in [6, 6.07) is 14.3. The van der Waals surface area contributed by atoms with Gasteiger partial charge < -0.3 is 14.8 Å². The Morgan fingerprint density at radius 3 is 2.45 bits per heavy atom. The van der Waals surface area contributed by atoms with E-state index in [0.29, 0.717) is 16.3 Å². The molecular formula is C23H26ClNO4. The first-order valence-electron chi connectivity index (χ1n) is 10.0. The molecule has 3 rings (SSSR count). The van der Waals surface area contributed by atoms with E-state index < -0.39 is 12.1 Å². The van der Waals surface area contributed by atoms with Crippen molar-refractivity contribution < 1.29 is 19.1 Å². The molecule has 0 aromatic heterocycles. The second-order valence-corrected chi connectivity index (χ2v) is 7.70. The molecule has 0 saturated heterocycles. The van der Waals surface area contributed by atoms with Crippen LogP contribution >= 0.6 is 11.6 Å². The van der Waals surface area contributed by atoms with E-state index in [2.05, 4.69) is 5.32 Å². The Hall–Kier alpha value is -2.53. The third-order valence-electron chi connectivity index (χ3n) is 5.03. The fraction of sp³-hybridized carbons (Fsp3) is 0.391. The molecule has 2 aromatic rings. The number of rotatable bonds is 7. The first-order chi connectivity index (χ1) is 14.0. The number of halogens is 1. The minimum Gasteiger partial charge on any atom is -0.479 e. The van der Waals surface area contributed by atoms with Crippen LogP contribution in [0.1, 0.15) is 54.9 Å². The van der Waals surface area contributed by atoms with E-state index in [1.807, 2.05) is 12.1 Å². The van der Waals surface area contributed by atoms with E-state index in [1.165, 1.54) is 19.3 Å². The van der Waals surface area contributed by atoms with Gasteiger partial charge in [-0.05, 0) is 50.1 Å². The van der Waals surface area contributed by atoms with Gasteiger partial charge in [-0.2, -0.15) is 0 Å². The number of esters is 1. The van der Waals surface area contributed by atoms with Crippen LogP contribution in [0.4, 0.5) is 0 Å². The lowest BCUT2D eigenvalue weighted by Crippen LogP contribution is -2.36. The molecule has 1 amide bonds. The Bertz CT molecular complexity index is 831. The monoisotopic (exact) mass is 415 g/mol. The average molecular weight is 416 g/mol. The SMILES string of the molecule is C[C@@H](Oc1ccc(C(=O)NC2CCCCC2)cc1)C(=O)OCc1ccccc1Cl. The molecule has 1 atom stereocenters. The van der Waals surface area contributed by atoms with Crippen molar-refractivity contribution in [2.24, 2.45) is 0 Å². The van der Waals surface area contributed by atoms with Gasteiger partial charge >= 0.3 is 5.97 Å². The van der Waals surface area contributed by atoms with Crippen molar-refractivity contribution in [1.29, 1.82) is 0 Å². The number of carbonyl (C=O) groups is 2. The highest BCUT2D eigenvalue weighted by Crippen LogP contribution is 2.20. The molecule has 6 heteroatoms. The Labute approximate surface area is 176 Å². The van der Waals surface area contributed by atoms with Gasteiger partial charge in [0.1, 0.15) is 12.4 Å². The summed E-state index contributed by atoms with van der Waals surface area (Å²) in [6.07, 6.45) is 4.89. The number of hydrogen-bond acceptors (Lipinski definition) is 4. The van der Waals surface area contributed by atoms with Crippen molar-refractivity contribution in [2.75, 3.05) is 0 Å². The van der Waals surface area contributed by atoms with Crippen LogP contribution in [0.15, 0.2) is 48.5 Å². The molecule has 0 spiro atoms. The van der Waals surface area contributed by atoms with E-state index in [1.54, 1.807) is 43.3 Å². The van der Waals surface area contributed by atoms with Crippen molar-refractivity contribution in [3.05, 3.63) is 64.7 Å². The Balaban J connectivity index is 1.48. The number of ether oxygens (including phenoxy) is 2. The summed E-state index contributed by atoms with van der Waals surface area (Å²) in [5, 5.41) is 3.64. The first-order valence-corrected chi connectivity index (χ1v) is 10.4. The zero-order valence-electron chi connectivity index (χ0n) is 16.5. The molecule has 154 valence electrons. The van der Waals surface area contributed by atoms with Crippen LogP contribution in [0.5, 0.6) is 5.75 Å². The summed E-state index contributed by atoms with van der Waals surface area (Å²) >= 11 is 6.06. The zero-order chi connectivity index (χ0) is 20.6. The summed E-state index contributed by atoms with van der Waals surface area (Å²) in [4.78, 5) is 24.5. The van der Waals surface area contributed by atoms with Gasteiger partial charge in [-0.3, -0.25) is 4.79 Å². The standard InChI is InChI=1S/C23H26ClNO4/c1-16(23(27)28-15-18-7-5-6-10-21(18)24)29-20-13-11-17(12-14-20)22(26)25-19-8-3-2-4-9-19/h5-7,10-14,16,19H,2-4,8-9,15H2,1H3,(H,25,26)/t16-/m1/s1. The lowest BCUT2D eigenvalue weighted by molar-refractivity contribution is -0.152. The largest absolute Gasteiger partial charge is 0.479 e. The van der Waals surface area contributed by atoms with E-state index in [9.17, 15) is 9.59 Å². The zero-order valence-corrected chi connectivity index (χ0v) is 17.3. The van der Waals surface area contributed by atoms with Crippen LogP contribution in [0.2, 0.25) is 5.02 Å². The van der Waals surface area contributed by atoms with Gasteiger partial charge in [-0.15, -0.1) is 0 Å². The molecule has 0 bridgehead atoms. The number of benzene rings is 2. The quantitative estimate of drug-likeness (QED) is 0.652. The van der Waals surface area contributed by atoms with Crippen molar-refractivity contribution in [2.45, 2.75) is 57.8 Å². The van der Waals surface area contributed by atoms with E-state index in [0.717, 1.165) is 18.4 Å². The lowest BCUT2D eigenvalue weighted by Gasteiger charge is -2.22. The third kappa shape index (κ3) is 6.23. The highest BCUT2D eigenvalue weighted by Gasteiger charge is 2.19. The summed E-state index contributed by atoms with van der Waals surface area (Å²) in [6.45, 7) is 1.71.